The molecule has 45 heavy (non-hydrogen) atoms. The largest absolute Gasteiger partial charge is 0.351 e. The molecular weight excluding hydrogens is 653 g/mol. The van der Waals surface area contributed by atoms with Gasteiger partial charge in [0.25, 0.3) is 0 Å². The normalized spacial score (nSPS) is 26.5. The topological polar surface area (TPSA) is 229 Å². The lowest BCUT2D eigenvalue weighted by molar-refractivity contribution is -0.123. The van der Waals surface area contributed by atoms with Crippen LogP contribution in [0.3, 0.4) is 0 Å². The molecule has 2 amide bonds. The van der Waals surface area contributed by atoms with E-state index in [1.807, 2.05) is 0 Å². The summed E-state index contributed by atoms with van der Waals surface area (Å²) in [7, 11) is -11.2. The molecule has 0 saturated carbocycles. The third-order valence-corrected chi connectivity index (χ3v) is 13.7. The minimum absolute atomic E-state index is 0.129. The molecule has 6 rings (SSSR count). The van der Waals surface area contributed by atoms with E-state index in [2.05, 4.69) is 10.6 Å². The summed E-state index contributed by atoms with van der Waals surface area (Å²) >= 11 is 0. The van der Waals surface area contributed by atoms with Gasteiger partial charge in [-0.1, -0.05) is 0 Å². The second-order valence-electron chi connectivity index (χ2n) is 11.5. The van der Waals surface area contributed by atoms with Crippen LogP contribution in [-0.4, -0.2) is 95.3 Å². The minimum Gasteiger partial charge on any atom is -0.351 e. The summed E-state index contributed by atoms with van der Waals surface area (Å²) in [6.07, 6.45) is 0.257. The van der Waals surface area contributed by atoms with Gasteiger partial charge in [-0.25, -0.2) is 25.3 Å². The van der Waals surface area contributed by atoms with Crippen LogP contribution >= 0.6 is 0 Å². The van der Waals surface area contributed by atoms with Gasteiger partial charge in [0, 0.05) is 34.3 Å². The zero-order valence-electron chi connectivity index (χ0n) is 23.1. The first-order chi connectivity index (χ1) is 21.0. The van der Waals surface area contributed by atoms with Gasteiger partial charge in [-0.15, -0.1) is 0 Å². The standard InChI is InChI=1S/C28H24N2O12S3/c31-23-17-3-1-15(9-19(17)25(33)21(23)27(35)29-13-5-7-43(37,38)11-13)45(41,42)16-2-4-18-20(10-16)26(34)22(24(18)32)28(36)30-14-6-8-44(39,40)12-14/h1-4,9-10,13-14,21-22H,5-8,11-12H2,(H,29,35)(H,30,36). The van der Waals surface area contributed by atoms with E-state index >= 15 is 0 Å². The average molecular weight is 677 g/mol. The van der Waals surface area contributed by atoms with Gasteiger partial charge in [0.05, 0.1) is 32.8 Å². The average Bonchev–Trinajstić information content (AvgIpc) is 3.64. The summed E-state index contributed by atoms with van der Waals surface area (Å²) in [4.78, 5) is 76.7. The second-order valence-corrected chi connectivity index (χ2v) is 17.9. The third kappa shape index (κ3) is 5.31. The Balaban J connectivity index is 1.23. The highest BCUT2D eigenvalue weighted by Crippen LogP contribution is 2.34. The van der Waals surface area contributed by atoms with E-state index in [0.717, 1.165) is 36.4 Å². The van der Waals surface area contributed by atoms with Gasteiger partial charge < -0.3 is 10.6 Å². The molecule has 2 heterocycles. The van der Waals surface area contributed by atoms with Crippen LogP contribution in [0.2, 0.25) is 0 Å². The van der Waals surface area contributed by atoms with Crippen molar-refractivity contribution in [3.05, 3.63) is 58.7 Å². The number of nitrogens with one attached hydrogen (secondary N) is 2. The van der Waals surface area contributed by atoms with E-state index in [1.165, 1.54) is 0 Å². The molecule has 2 aromatic carbocycles. The van der Waals surface area contributed by atoms with Crippen molar-refractivity contribution in [1.29, 1.82) is 0 Å². The summed E-state index contributed by atoms with van der Waals surface area (Å²) in [5.41, 5.74) is -1.01. The molecule has 2 saturated heterocycles. The van der Waals surface area contributed by atoms with Crippen LogP contribution in [0.15, 0.2) is 46.2 Å². The fourth-order valence-corrected chi connectivity index (χ4v) is 10.7. The lowest BCUT2D eigenvalue weighted by Gasteiger charge is -2.13. The fraction of sp³-hybridized carbons (Fsp3) is 0.357. The molecule has 4 unspecified atom stereocenters. The Bertz CT molecular complexity index is 1960. The molecule has 2 aliphatic heterocycles. The molecule has 17 heteroatoms. The number of fused-ring (bicyclic) bond motifs is 2. The van der Waals surface area contributed by atoms with E-state index in [4.69, 9.17) is 0 Å². The highest BCUT2D eigenvalue weighted by atomic mass is 32.2. The third-order valence-electron chi connectivity index (χ3n) is 8.40. The summed E-state index contributed by atoms with van der Waals surface area (Å²) in [5, 5.41) is 4.83. The van der Waals surface area contributed by atoms with Crippen LogP contribution in [0.5, 0.6) is 0 Å². The first-order valence-electron chi connectivity index (χ1n) is 13.7. The lowest BCUT2D eigenvalue weighted by atomic mass is 10.0. The van der Waals surface area contributed by atoms with Crippen LogP contribution in [0.4, 0.5) is 0 Å². The number of Topliss-reactive ketones (excluding diaryl/α,β-unsaturated/α-hetero) is 4. The first kappa shape index (κ1) is 30.9. The molecule has 2 aliphatic carbocycles. The monoisotopic (exact) mass is 676 g/mol. The van der Waals surface area contributed by atoms with Crippen LogP contribution in [0.1, 0.15) is 54.3 Å². The van der Waals surface area contributed by atoms with Crippen molar-refractivity contribution in [3.8, 4) is 0 Å². The Kier molecular flexibility index (Phi) is 7.20. The molecule has 2 aromatic rings. The molecule has 2 fully saturated rings. The summed E-state index contributed by atoms with van der Waals surface area (Å²) in [5.74, 6) is -10.2. The Morgan fingerprint density at radius 3 is 1.29 bits per heavy atom. The summed E-state index contributed by atoms with van der Waals surface area (Å²) in [6.45, 7) is 0. The van der Waals surface area contributed by atoms with Crippen molar-refractivity contribution < 1.29 is 54.0 Å². The maximum atomic E-state index is 13.6. The van der Waals surface area contributed by atoms with E-state index in [0.29, 0.717) is 0 Å². The molecule has 2 N–H and O–H groups in total. The quantitative estimate of drug-likeness (QED) is 0.355. The van der Waals surface area contributed by atoms with E-state index in [1.54, 1.807) is 0 Å². The van der Waals surface area contributed by atoms with Crippen LogP contribution in [-0.2, 0) is 39.1 Å². The molecule has 0 aromatic heterocycles. The number of carbonyl (C=O) groups is 6. The Hall–Kier alpha value is -4.09. The SMILES string of the molecule is O=C(NC1CCS(=O)(=O)C1)C1C(=O)c2ccc(S(=O)(=O)c3ccc4c(c3)C(=O)C(C(=O)NC3CCS(=O)(=O)C3)C4=O)cc2C1=O. The molecule has 4 atom stereocenters. The molecule has 0 radical (unpaired) electrons. The maximum Gasteiger partial charge on any atom is 0.239 e. The van der Waals surface area contributed by atoms with Crippen molar-refractivity contribution >= 4 is 64.5 Å². The zero-order chi connectivity index (χ0) is 32.6. The number of carbonyl (C=O) groups excluding carboxylic acids is 6. The van der Waals surface area contributed by atoms with Gasteiger partial charge in [0.15, 0.2) is 54.6 Å². The molecule has 14 nitrogen and oxygen atoms in total. The number of rotatable bonds is 6. The van der Waals surface area contributed by atoms with Gasteiger partial charge >= 0.3 is 0 Å². The van der Waals surface area contributed by atoms with Crippen LogP contribution in [0.25, 0.3) is 0 Å². The predicted molar refractivity (Wildman–Crippen MR) is 153 cm³/mol. The van der Waals surface area contributed by atoms with Gasteiger partial charge in [-0.2, -0.15) is 0 Å². The van der Waals surface area contributed by atoms with E-state index < -0.39 is 98.2 Å². The van der Waals surface area contributed by atoms with Gasteiger partial charge in [-0.3, -0.25) is 28.8 Å². The van der Waals surface area contributed by atoms with Crippen molar-refractivity contribution in [2.75, 3.05) is 23.0 Å². The smallest absolute Gasteiger partial charge is 0.239 e. The van der Waals surface area contributed by atoms with Gasteiger partial charge in [0.2, 0.25) is 21.7 Å². The fourth-order valence-electron chi connectivity index (χ4n) is 6.08. The second kappa shape index (κ2) is 10.5. The Morgan fingerprint density at radius 1 is 0.600 bits per heavy atom. The van der Waals surface area contributed by atoms with Crippen LogP contribution < -0.4 is 10.6 Å². The molecule has 236 valence electrons. The van der Waals surface area contributed by atoms with Gasteiger partial charge in [0.1, 0.15) is 0 Å². The minimum atomic E-state index is -4.46. The Labute approximate surface area is 256 Å². The molecule has 4 aliphatic rings. The molecular formula is C28H24N2O12S3. The van der Waals surface area contributed by atoms with E-state index in [-0.39, 0.29) is 58.1 Å². The van der Waals surface area contributed by atoms with Crippen molar-refractivity contribution in [3.63, 3.8) is 0 Å². The van der Waals surface area contributed by atoms with Crippen molar-refractivity contribution in [2.45, 2.75) is 34.7 Å². The van der Waals surface area contributed by atoms with Crippen LogP contribution in [0, 0.1) is 11.8 Å². The predicted octanol–water partition coefficient (Wildman–Crippen LogP) is -0.884. The lowest BCUT2D eigenvalue weighted by Crippen LogP contribution is -2.43. The summed E-state index contributed by atoms with van der Waals surface area (Å²) in [6, 6.07) is 4.62. The molecule has 0 bridgehead atoms. The number of amides is 2. The number of ketones is 4. The highest BCUT2D eigenvalue weighted by molar-refractivity contribution is 7.92. The maximum absolute atomic E-state index is 13.6. The zero-order valence-corrected chi connectivity index (χ0v) is 25.6. The number of sulfone groups is 3. The summed E-state index contributed by atoms with van der Waals surface area (Å²) < 4.78 is 74.0. The number of hydrogen-bond donors (Lipinski definition) is 2. The highest BCUT2D eigenvalue weighted by Gasteiger charge is 2.47. The molecule has 0 spiro atoms. The number of hydrogen-bond acceptors (Lipinski definition) is 12. The van der Waals surface area contributed by atoms with Gasteiger partial charge in [-0.05, 0) is 49.2 Å². The Morgan fingerprint density at radius 2 is 0.956 bits per heavy atom. The van der Waals surface area contributed by atoms with Crippen molar-refractivity contribution in [1.82, 2.24) is 10.6 Å². The van der Waals surface area contributed by atoms with Crippen molar-refractivity contribution in [2.24, 2.45) is 11.8 Å². The number of benzene rings is 2. The first-order valence-corrected chi connectivity index (χ1v) is 18.8. The van der Waals surface area contributed by atoms with E-state index in [9.17, 15) is 54.0 Å².